The molecule has 1 N–H and O–H groups in total. The van der Waals surface area contributed by atoms with Gasteiger partial charge in [-0.2, -0.15) is 14.0 Å². The predicted molar refractivity (Wildman–Crippen MR) is 68.9 cm³/mol. The van der Waals surface area contributed by atoms with Gasteiger partial charge in [-0.15, -0.1) is 0 Å². The Hall–Kier alpha value is -1.73. The van der Waals surface area contributed by atoms with Gasteiger partial charge in [-0.3, -0.25) is 5.32 Å². The zero-order chi connectivity index (χ0) is 15.3. The van der Waals surface area contributed by atoms with E-state index in [1.54, 1.807) is 6.19 Å². The average molecular weight is 323 g/mol. The molecular weight excluding hydrogens is 315 g/mol. The van der Waals surface area contributed by atoms with Gasteiger partial charge in [-0.25, -0.2) is 17.8 Å². The SMILES string of the molecule is CSC(=Nc1ccc(F)cc1S(=O)(=O)C(F)F)NC#N. The lowest BCUT2D eigenvalue weighted by atomic mass is 10.3. The highest BCUT2D eigenvalue weighted by Crippen LogP contribution is 2.29. The van der Waals surface area contributed by atoms with Gasteiger partial charge in [-0.1, -0.05) is 11.8 Å². The van der Waals surface area contributed by atoms with Gasteiger partial charge in [0.2, 0.25) is 9.84 Å². The fourth-order valence-corrected chi connectivity index (χ4v) is 2.40. The Morgan fingerprint density at radius 2 is 2.15 bits per heavy atom. The first-order chi connectivity index (χ1) is 9.32. The number of nitrogens with zero attached hydrogens (tertiary/aromatic N) is 2. The van der Waals surface area contributed by atoms with Crippen LogP contribution in [-0.4, -0.2) is 25.6 Å². The van der Waals surface area contributed by atoms with E-state index in [0.29, 0.717) is 6.07 Å². The molecule has 10 heteroatoms. The lowest BCUT2D eigenvalue weighted by molar-refractivity contribution is 0.234. The molecule has 0 aliphatic rings. The molecule has 1 rings (SSSR count). The van der Waals surface area contributed by atoms with Crippen LogP contribution in [0.2, 0.25) is 0 Å². The van der Waals surface area contributed by atoms with E-state index in [2.05, 4.69) is 10.3 Å². The Balaban J connectivity index is 3.47. The van der Waals surface area contributed by atoms with Crippen LogP contribution in [0.1, 0.15) is 0 Å². The summed E-state index contributed by atoms with van der Waals surface area (Å²) in [5.41, 5.74) is -0.376. The van der Waals surface area contributed by atoms with E-state index in [1.165, 1.54) is 6.26 Å². The lowest BCUT2D eigenvalue weighted by Gasteiger charge is -2.08. The number of benzene rings is 1. The molecule has 0 saturated heterocycles. The van der Waals surface area contributed by atoms with Crippen LogP contribution in [0.15, 0.2) is 28.1 Å². The first-order valence-electron chi connectivity index (χ1n) is 4.92. The summed E-state index contributed by atoms with van der Waals surface area (Å²) < 4.78 is 61.1. The van der Waals surface area contributed by atoms with Crippen LogP contribution < -0.4 is 5.32 Å². The topological polar surface area (TPSA) is 82.3 Å². The van der Waals surface area contributed by atoms with E-state index in [4.69, 9.17) is 5.26 Å². The normalized spacial score (nSPS) is 12.3. The van der Waals surface area contributed by atoms with Gasteiger partial charge < -0.3 is 0 Å². The molecule has 0 radical (unpaired) electrons. The number of hydrogen-bond acceptors (Lipinski definition) is 5. The second-order valence-corrected chi connectivity index (χ2v) is 5.96. The molecule has 0 aliphatic heterocycles. The Morgan fingerprint density at radius 3 is 2.65 bits per heavy atom. The third-order valence-corrected chi connectivity index (χ3v) is 4.03. The van der Waals surface area contributed by atoms with E-state index < -0.39 is 26.3 Å². The maximum absolute atomic E-state index is 13.1. The number of amidine groups is 1. The summed E-state index contributed by atoms with van der Waals surface area (Å²) in [4.78, 5) is 2.79. The third kappa shape index (κ3) is 3.64. The van der Waals surface area contributed by atoms with Crippen LogP contribution in [0, 0.1) is 17.3 Å². The number of alkyl halides is 2. The number of rotatable bonds is 3. The molecule has 0 atom stereocenters. The molecule has 0 aliphatic carbocycles. The summed E-state index contributed by atoms with van der Waals surface area (Å²) in [6, 6.07) is 2.29. The number of halogens is 3. The summed E-state index contributed by atoms with van der Waals surface area (Å²) >= 11 is 0.962. The number of thioether (sulfide) groups is 1. The van der Waals surface area contributed by atoms with Crippen molar-refractivity contribution in [3.63, 3.8) is 0 Å². The Morgan fingerprint density at radius 1 is 1.50 bits per heavy atom. The summed E-state index contributed by atoms with van der Waals surface area (Å²) in [6.07, 6.45) is 3.09. The van der Waals surface area contributed by atoms with E-state index in [0.717, 1.165) is 23.9 Å². The molecule has 1 aromatic rings. The van der Waals surface area contributed by atoms with Crippen LogP contribution in [0.25, 0.3) is 0 Å². The van der Waals surface area contributed by atoms with E-state index >= 15 is 0 Å². The highest BCUT2D eigenvalue weighted by Gasteiger charge is 2.30. The van der Waals surface area contributed by atoms with Crippen molar-refractivity contribution >= 4 is 32.5 Å². The average Bonchev–Trinajstić information content (AvgIpc) is 2.39. The highest BCUT2D eigenvalue weighted by atomic mass is 32.2. The minimum absolute atomic E-state index is 0.00942. The van der Waals surface area contributed by atoms with Crippen LogP contribution in [0.5, 0.6) is 0 Å². The quantitative estimate of drug-likeness (QED) is 0.399. The Labute approximate surface area is 117 Å². The highest BCUT2D eigenvalue weighted by molar-refractivity contribution is 8.13. The van der Waals surface area contributed by atoms with Crippen molar-refractivity contribution in [2.75, 3.05) is 6.26 Å². The number of aliphatic imine (C=N–C) groups is 1. The van der Waals surface area contributed by atoms with Crippen molar-refractivity contribution in [3.8, 4) is 6.19 Å². The number of hydrogen-bond donors (Lipinski definition) is 1. The lowest BCUT2D eigenvalue weighted by Crippen LogP contribution is -2.14. The molecule has 0 spiro atoms. The van der Waals surface area contributed by atoms with Gasteiger partial charge in [0, 0.05) is 0 Å². The molecule has 0 saturated carbocycles. The van der Waals surface area contributed by atoms with Crippen LogP contribution in [-0.2, 0) is 9.84 Å². The summed E-state index contributed by atoms with van der Waals surface area (Å²) in [7, 11) is -5.00. The summed E-state index contributed by atoms with van der Waals surface area (Å²) in [5.74, 6) is -4.68. The van der Waals surface area contributed by atoms with Gasteiger partial charge in [0.1, 0.15) is 10.7 Å². The zero-order valence-corrected chi connectivity index (χ0v) is 11.6. The van der Waals surface area contributed by atoms with Crippen molar-refractivity contribution in [1.82, 2.24) is 5.32 Å². The van der Waals surface area contributed by atoms with Crippen molar-refractivity contribution in [3.05, 3.63) is 24.0 Å². The molecule has 0 unspecified atom stereocenters. The largest absolute Gasteiger partial charge is 0.341 e. The van der Waals surface area contributed by atoms with E-state index in [1.807, 2.05) is 0 Å². The molecule has 5 nitrogen and oxygen atoms in total. The zero-order valence-electron chi connectivity index (χ0n) is 9.97. The van der Waals surface area contributed by atoms with E-state index in [-0.39, 0.29) is 10.9 Å². The molecule has 1 aromatic carbocycles. The fraction of sp³-hybridized carbons (Fsp3) is 0.200. The van der Waals surface area contributed by atoms with Crippen LogP contribution >= 0.6 is 11.8 Å². The van der Waals surface area contributed by atoms with Gasteiger partial charge in [0.15, 0.2) is 11.4 Å². The maximum atomic E-state index is 13.1. The Kier molecular flexibility index (Phi) is 5.41. The first kappa shape index (κ1) is 16.3. The molecule has 0 heterocycles. The summed E-state index contributed by atoms with van der Waals surface area (Å²) in [5, 5.41) is 10.6. The number of nitriles is 1. The second kappa shape index (κ2) is 6.62. The van der Waals surface area contributed by atoms with Gasteiger partial charge in [0.05, 0.1) is 5.69 Å². The standard InChI is InChI=1S/C10H8F3N3O2S2/c1-19-10(15-5-14)16-7-3-2-6(11)4-8(7)20(17,18)9(12)13/h2-4,9H,1H3,(H,15,16). The van der Waals surface area contributed by atoms with Gasteiger partial charge in [-0.05, 0) is 24.5 Å². The Bertz CT molecular complexity index is 669. The molecule has 0 aromatic heterocycles. The molecule has 0 fully saturated rings. The van der Waals surface area contributed by atoms with Gasteiger partial charge in [0.25, 0.3) is 0 Å². The minimum Gasteiger partial charge on any atom is -0.271 e. The number of nitrogens with one attached hydrogen (secondary N) is 1. The van der Waals surface area contributed by atoms with Crippen molar-refractivity contribution in [2.24, 2.45) is 4.99 Å². The first-order valence-corrected chi connectivity index (χ1v) is 7.69. The molecule has 20 heavy (non-hydrogen) atoms. The number of sulfone groups is 1. The molecule has 108 valence electrons. The predicted octanol–water partition coefficient (Wildman–Crippen LogP) is 2.24. The summed E-state index contributed by atoms with van der Waals surface area (Å²) in [6.45, 7) is 0. The third-order valence-electron chi connectivity index (χ3n) is 2.04. The smallest absolute Gasteiger partial charge is 0.271 e. The fourth-order valence-electron chi connectivity index (χ4n) is 1.19. The van der Waals surface area contributed by atoms with Gasteiger partial charge >= 0.3 is 5.76 Å². The minimum atomic E-state index is -5.00. The van der Waals surface area contributed by atoms with Crippen molar-refractivity contribution in [1.29, 1.82) is 5.26 Å². The maximum Gasteiger partial charge on any atom is 0.341 e. The molecule has 0 bridgehead atoms. The van der Waals surface area contributed by atoms with Crippen molar-refractivity contribution in [2.45, 2.75) is 10.7 Å². The van der Waals surface area contributed by atoms with Crippen molar-refractivity contribution < 1.29 is 21.6 Å². The second-order valence-electron chi connectivity index (χ2n) is 3.28. The van der Waals surface area contributed by atoms with E-state index in [9.17, 15) is 21.6 Å². The molecular formula is C10H8F3N3O2S2. The van der Waals surface area contributed by atoms with Crippen LogP contribution in [0.3, 0.4) is 0 Å². The monoisotopic (exact) mass is 323 g/mol. The van der Waals surface area contributed by atoms with Crippen LogP contribution in [0.4, 0.5) is 18.9 Å². The molecule has 0 amide bonds.